The van der Waals surface area contributed by atoms with Crippen molar-refractivity contribution in [1.82, 2.24) is 14.8 Å². The zero-order valence-electron chi connectivity index (χ0n) is 9.79. The van der Waals surface area contributed by atoms with E-state index in [-0.39, 0.29) is 0 Å². The molecule has 0 amide bonds. The van der Waals surface area contributed by atoms with Crippen molar-refractivity contribution in [3.05, 3.63) is 4.77 Å². The van der Waals surface area contributed by atoms with Gasteiger partial charge in [0.1, 0.15) is 0 Å². The van der Waals surface area contributed by atoms with Crippen molar-refractivity contribution in [1.29, 1.82) is 0 Å². The third kappa shape index (κ3) is 3.06. The Balaban J connectivity index is 2.78. The summed E-state index contributed by atoms with van der Waals surface area (Å²) in [6.07, 6.45) is 3.45. The largest absolute Gasteiger partial charge is 0.344 e. The molecule has 1 aromatic heterocycles. The lowest BCUT2D eigenvalue weighted by Gasteiger charge is -2.18. The summed E-state index contributed by atoms with van der Waals surface area (Å²) in [6, 6.07) is 0. The first kappa shape index (κ1) is 12.2. The van der Waals surface area contributed by atoms with Crippen molar-refractivity contribution in [2.45, 2.75) is 39.7 Å². The third-order valence-corrected chi connectivity index (χ3v) is 2.69. The lowest BCUT2D eigenvalue weighted by molar-refractivity contribution is 0.647. The second kappa shape index (κ2) is 5.90. The number of H-pyrrole nitrogens is 1. The van der Waals surface area contributed by atoms with Gasteiger partial charge in [-0.05, 0) is 25.1 Å². The fourth-order valence-electron chi connectivity index (χ4n) is 1.52. The number of unbranched alkanes of at least 4 members (excludes halogenated alkanes) is 1. The van der Waals surface area contributed by atoms with Gasteiger partial charge in [-0.25, -0.2) is 5.10 Å². The molecule has 0 atom stereocenters. The summed E-state index contributed by atoms with van der Waals surface area (Å²) >= 11 is 5.19. The maximum absolute atomic E-state index is 5.19. The molecule has 0 aromatic carbocycles. The SMILES string of the molecule is CCCCN(C)c1n[nH]c(=S)n1CCC. The van der Waals surface area contributed by atoms with Gasteiger partial charge in [-0.3, -0.25) is 4.57 Å². The van der Waals surface area contributed by atoms with E-state index in [1.54, 1.807) is 0 Å². The Bertz CT molecular complexity index is 341. The van der Waals surface area contributed by atoms with Crippen LogP contribution in [0.25, 0.3) is 0 Å². The van der Waals surface area contributed by atoms with E-state index in [2.05, 4.69) is 40.6 Å². The molecule has 0 saturated carbocycles. The molecule has 15 heavy (non-hydrogen) atoms. The topological polar surface area (TPSA) is 36.9 Å². The zero-order chi connectivity index (χ0) is 11.3. The molecule has 0 bridgehead atoms. The lowest BCUT2D eigenvalue weighted by Crippen LogP contribution is -2.22. The Morgan fingerprint density at radius 2 is 2.13 bits per heavy atom. The van der Waals surface area contributed by atoms with E-state index in [1.165, 1.54) is 12.8 Å². The molecule has 0 aliphatic carbocycles. The Hall–Kier alpha value is -0.840. The van der Waals surface area contributed by atoms with E-state index < -0.39 is 0 Å². The molecular formula is C10H20N4S. The molecule has 0 radical (unpaired) electrons. The van der Waals surface area contributed by atoms with E-state index in [9.17, 15) is 0 Å². The number of rotatable bonds is 6. The summed E-state index contributed by atoms with van der Waals surface area (Å²) < 4.78 is 2.78. The summed E-state index contributed by atoms with van der Waals surface area (Å²) in [6.45, 7) is 6.29. The highest BCUT2D eigenvalue weighted by Gasteiger charge is 2.09. The molecule has 1 heterocycles. The molecule has 1 N–H and O–H groups in total. The van der Waals surface area contributed by atoms with E-state index in [1.807, 2.05) is 0 Å². The molecule has 0 spiro atoms. The molecule has 86 valence electrons. The second-order valence-corrected chi connectivity index (χ2v) is 4.14. The van der Waals surface area contributed by atoms with Gasteiger partial charge in [0, 0.05) is 20.1 Å². The molecule has 5 heteroatoms. The van der Waals surface area contributed by atoms with Crippen LogP contribution in [0.1, 0.15) is 33.1 Å². The molecule has 0 unspecified atom stereocenters. The van der Waals surface area contributed by atoms with Crippen molar-refractivity contribution >= 4 is 18.2 Å². The first-order valence-corrected chi connectivity index (χ1v) is 5.97. The Labute approximate surface area is 96.3 Å². The smallest absolute Gasteiger partial charge is 0.225 e. The maximum atomic E-state index is 5.19. The molecule has 0 aliphatic heterocycles. The number of anilines is 1. The predicted molar refractivity (Wildman–Crippen MR) is 65.9 cm³/mol. The van der Waals surface area contributed by atoms with Crippen LogP contribution in [0.2, 0.25) is 0 Å². The Kier molecular flexibility index (Phi) is 4.81. The van der Waals surface area contributed by atoms with Gasteiger partial charge in [-0.15, -0.1) is 5.10 Å². The average molecular weight is 228 g/mol. The van der Waals surface area contributed by atoms with Crippen LogP contribution in [-0.2, 0) is 6.54 Å². The van der Waals surface area contributed by atoms with Crippen LogP contribution in [-0.4, -0.2) is 28.4 Å². The number of hydrogen-bond acceptors (Lipinski definition) is 3. The number of hydrogen-bond donors (Lipinski definition) is 1. The molecule has 0 fully saturated rings. The van der Waals surface area contributed by atoms with Crippen LogP contribution < -0.4 is 4.90 Å². The number of aromatic nitrogens is 3. The quantitative estimate of drug-likeness (QED) is 0.760. The van der Waals surface area contributed by atoms with Crippen molar-refractivity contribution in [3.63, 3.8) is 0 Å². The molecule has 1 rings (SSSR count). The molecule has 1 aromatic rings. The van der Waals surface area contributed by atoms with Crippen LogP contribution in [0.15, 0.2) is 0 Å². The summed E-state index contributed by atoms with van der Waals surface area (Å²) in [7, 11) is 2.06. The second-order valence-electron chi connectivity index (χ2n) is 3.76. The monoisotopic (exact) mass is 228 g/mol. The van der Waals surface area contributed by atoms with Crippen molar-refractivity contribution in [2.24, 2.45) is 0 Å². The van der Waals surface area contributed by atoms with Crippen LogP contribution in [0, 0.1) is 4.77 Å². The van der Waals surface area contributed by atoms with E-state index in [0.29, 0.717) is 0 Å². The normalized spacial score (nSPS) is 10.6. The highest BCUT2D eigenvalue weighted by molar-refractivity contribution is 7.71. The minimum Gasteiger partial charge on any atom is -0.344 e. The van der Waals surface area contributed by atoms with Gasteiger partial charge in [0.25, 0.3) is 0 Å². The summed E-state index contributed by atoms with van der Waals surface area (Å²) in [5, 5.41) is 7.11. The highest BCUT2D eigenvalue weighted by atomic mass is 32.1. The first-order chi connectivity index (χ1) is 7.20. The number of aromatic amines is 1. The fraction of sp³-hybridized carbons (Fsp3) is 0.800. The van der Waals surface area contributed by atoms with E-state index in [0.717, 1.165) is 30.2 Å². The van der Waals surface area contributed by atoms with Gasteiger partial charge >= 0.3 is 0 Å². The van der Waals surface area contributed by atoms with Gasteiger partial charge in [0.2, 0.25) is 5.95 Å². The van der Waals surface area contributed by atoms with Crippen LogP contribution in [0.4, 0.5) is 5.95 Å². The van der Waals surface area contributed by atoms with E-state index >= 15 is 0 Å². The maximum Gasteiger partial charge on any atom is 0.225 e. The van der Waals surface area contributed by atoms with Crippen molar-refractivity contribution < 1.29 is 0 Å². The summed E-state index contributed by atoms with van der Waals surface area (Å²) in [5.41, 5.74) is 0. The predicted octanol–water partition coefficient (Wildman–Crippen LogP) is 2.59. The summed E-state index contributed by atoms with van der Waals surface area (Å²) in [5.74, 6) is 0.954. The standard InChI is InChI=1S/C10H20N4S/c1-4-6-8-13(3)9-11-12-10(15)14(9)7-5-2/h4-8H2,1-3H3,(H,12,15). The Morgan fingerprint density at radius 1 is 1.40 bits per heavy atom. The number of nitrogens with one attached hydrogen (secondary N) is 1. The van der Waals surface area contributed by atoms with Gasteiger partial charge in [0.15, 0.2) is 4.77 Å². The first-order valence-electron chi connectivity index (χ1n) is 5.57. The zero-order valence-corrected chi connectivity index (χ0v) is 10.6. The number of nitrogens with zero attached hydrogens (tertiary/aromatic N) is 3. The lowest BCUT2D eigenvalue weighted by atomic mass is 10.3. The van der Waals surface area contributed by atoms with Crippen LogP contribution >= 0.6 is 12.2 Å². The van der Waals surface area contributed by atoms with Crippen molar-refractivity contribution in [3.8, 4) is 0 Å². The fourth-order valence-corrected chi connectivity index (χ4v) is 1.74. The molecular weight excluding hydrogens is 208 g/mol. The molecule has 0 aliphatic rings. The van der Waals surface area contributed by atoms with Gasteiger partial charge in [-0.1, -0.05) is 20.3 Å². The van der Waals surface area contributed by atoms with Gasteiger partial charge < -0.3 is 4.90 Å². The average Bonchev–Trinajstić information content (AvgIpc) is 2.58. The van der Waals surface area contributed by atoms with Gasteiger partial charge in [-0.2, -0.15) is 0 Å². The third-order valence-electron chi connectivity index (χ3n) is 2.37. The van der Waals surface area contributed by atoms with Gasteiger partial charge in [0.05, 0.1) is 0 Å². The van der Waals surface area contributed by atoms with Crippen LogP contribution in [0.3, 0.4) is 0 Å². The van der Waals surface area contributed by atoms with E-state index in [4.69, 9.17) is 12.2 Å². The van der Waals surface area contributed by atoms with Crippen molar-refractivity contribution in [2.75, 3.05) is 18.5 Å². The summed E-state index contributed by atoms with van der Waals surface area (Å²) in [4.78, 5) is 2.16. The Morgan fingerprint density at radius 3 is 2.73 bits per heavy atom. The van der Waals surface area contributed by atoms with Crippen LogP contribution in [0.5, 0.6) is 0 Å². The minimum absolute atomic E-state index is 0.718. The molecule has 0 saturated heterocycles. The highest BCUT2D eigenvalue weighted by Crippen LogP contribution is 2.11. The molecule has 4 nitrogen and oxygen atoms in total. The minimum atomic E-state index is 0.718.